The van der Waals surface area contributed by atoms with Gasteiger partial charge in [-0.25, -0.2) is 0 Å². The highest BCUT2D eigenvalue weighted by atomic mass is 35.5. The fourth-order valence-electron chi connectivity index (χ4n) is 3.34. The number of benzene rings is 1. The van der Waals surface area contributed by atoms with Crippen molar-refractivity contribution >= 4 is 17.5 Å². The summed E-state index contributed by atoms with van der Waals surface area (Å²) >= 11 is 6.41. The third kappa shape index (κ3) is 4.83. The van der Waals surface area contributed by atoms with E-state index in [1.807, 2.05) is 37.4 Å². The summed E-state index contributed by atoms with van der Waals surface area (Å²) in [5.74, 6) is 0.0457. The molecule has 2 heterocycles. The van der Waals surface area contributed by atoms with E-state index in [1.54, 1.807) is 4.68 Å². The Bertz CT molecular complexity index is 709. The van der Waals surface area contributed by atoms with Gasteiger partial charge in [0.1, 0.15) is 0 Å². The van der Waals surface area contributed by atoms with E-state index in [0.717, 1.165) is 29.4 Å². The zero-order chi connectivity index (χ0) is 17.6. The average Bonchev–Trinajstić information content (AvgIpc) is 3.26. The van der Waals surface area contributed by atoms with Crippen LogP contribution in [0.25, 0.3) is 0 Å². The number of hydrogen-bond acceptors (Lipinski definition) is 3. The topological polar surface area (TPSA) is 50.2 Å². The Hall–Kier alpha value is -1.85. The van der Waals surface area contributed by atoms with Crippen LogP contribution in [0.15, 0.2) is 36.5 Å². The molecule has 1 aromatic heterocycles. The Morgan fingerprint density at radius 3 is 2.72 bits per heavy atom. The van der Waals surface area contributed by atoms with E-state index in [2.05, 4.69) is 21.4 Å². The van der Waals surface area contributed by atoms with Crippen molar-refractivity contribution in [3.8, 4) is 0 Å². The summed E-state index contributed by atoms with van der Waals surface area (Å²) in [6.45, 7) is 5.23. The molecule has 1 fully saturated rings. The third-order valence-corrected chi connectivity index (χ3v) is 5.02. The van der Waals surface area contributed by atoms with Crippen molar-refractivity contribution in [3.05, 3.63) is 52.8 Å². The molecule has 2 aromatic rings. The zero-order valence-electron chi connectivity index (χ0n) is 14.6. The Kier molecular flexibility index (Phi) is 6.10. The number of carbonyl (C=O) groups excluding carboxylic acids is 1. The number of rotatable bonds is 7. The van der Waals surface area contributed by atoms with Crippen LogP contribution in [0.4, 0.5) is 0 Å². The van der Waals surface area contributed by atoms with Gasteiger partial charge in [0.25, 0.3) is 0 Å². The normalized spacial score (nSPS) is 16.1. The van der Waals surface area contributed by atoms with Gasteiger partial charge in [0.05, 0.1) is 11.7 Å². The number of aryl methyl sites for hydroxylation is 2. The summed E-state index contributed by atoms with van der Waals surface area (Å²) in [7, 11) is 0. The molecule has 0 bridgehead atoms. The number of hydrogen-bond donors (Lipinski definition) is 1. The molecule has 1 aliphatic rings. The fraction of sp³-hybridized carbons (Fsp3) is 0.474. The molecule has 3 rings (SSSR count). The molecule has 0 radical (unpaired) electrons. The lowest BCUT2D eigenvalue weighted by Crippen LogP contribution is -2.37. The summed E-state index contributed by atoms with van der Waals surface area (Å²) in [5, 5.41) is 8.16. The van der Waals surface area contributed by atoms with Crippen LogP contribution in [-0.2, 0) is 11.3 Å². The van der Waals surface area contributed by atoms with Gasteiger partial charge in [-0.3, -0.25) is 14.4 Å². The van der Waals surface area contributed by atoms with Crippen LogP contribution in [0.3, 0.4) is 0 Å². The molecular weight excluding hydrogens is 336 g/mol. The Morgan fingerprint density at radius 1 is 1.28 bits per heavy atom. The lowest BCUT2D eigenvalue weighted by Gasteiger charge is -2.29. The van der Waals surface area contributed by atoms with Crippen molar-refractivity contribution in [3.63, 3.8) is 0 Å². The zero-order valence-corrected chi connectivity index (χ0v) is 15.4. The first-order chi connectivity index (χ1) is 12.1. The highest BCUT2D eigenvalue weighted by Gasteiger charge is 2.25. The van der Waals surface area contributed by atoms with E-state index < -0.39 is 0 Å². The summed E-state index contributed by atoms with van der Waals surface area (Å²) in [5.41, 5.74) is 2.06. The average molecular weight is 361 g/mol. The number of nitrogens with zero attached hydrogens (tertiary/aromatic N) is 3. The second-order valence-electron chi connectivity index (χ2n) is 6.55. The number of carbonyl (C=O) groups is 1. The van der Waals surface area contributed by atoms with Gasteiger partial charge in [0.15, 0.2) is 0 Å². The molecule has 1 unspecified atom stereocenters. The van der Waals surface area contributed by atoms with Crippen LogP contribution in [0.2, 0.25) is 5.02 Å². The second kappa shape index (κ2) is 8.50. The van der Waals surface area contributed by atoms with Crippen LogP contribution in [-0.4, -0.2) is 40.2 Å². The molecule has 1 aliphatic heterocycles. The van der Waals surface area contributed by atoms with Gasteiger partial charge in [-0.1, -0.05) is 29.8 Å². The number of halogens is 1. The molecule has 1 atom stereocenters. The molecule has 0 spiro atoms. The van der Waals surface area contributed by atoms with Gasteiger partial charge < -0.3 is 5.32 Å². The van der Waals surface area contributed by atoms with Crippen LogP contribution in [0, 0.1) is 6.92 Å². The fourth-order valence-corrected chi connectivity index (χ4v) is 3.60. The first kappa shape index (κ1) is 18.0. The van der Waals surface area contributed by atoms with Gasteiger partial charge >= 0.3 is 0 Å². The lowest BCUT2D eigenvalue weighted by molar-refractivity contribution is -0.121. The van der Waals surface area contributed by atoms with Gasteiger partial charge in [0.2, 0.25) is 5.91 Å². The van der Waals surface area contributed by atoms with Crippen LogP contribution >= 0.6 is 11.6 Å². The summed E-state index contributed by atoms with van der Waals surface area (Å²) in [4.78, 5) is 14.7. The van der Waals surface area contributed by atoms with E-state index in [0.29, 0.717) is 19.5 Å². The Balaban J connectivity index is 1.58. The molecule has 5 nitrogen and oxygen atoms in total. The third-order valence-electron chi connectivity index (χ3n) is 4.68. The molecule has 0 aliphatic carbocycles. The van der Waals surface area contributed by atoms with Crippen molar-refractivity contribution in [1.29, 1.82) is 0 Å². The summed E-state index contributed by atoms with van der Waals surface area (Å²) < 4.78 is 1.81. The molecule has 6 heteroatoms. The molecule has 1 amide bonds. The molecule has 25 heavy (non-hydrogen) atoms. The van der Waals surface area contributed by atoms with Gasteiger partial charge in [-0.2, -0.15) is 5.10 Å². The first-order valence-corrected chi connectivity index (χ1v) is 9.26. The second-order valence-corrected chi connectivity index (χ2v) is 6.96. The van der Waals surface area contributed by atoms with Crippen molar-refractivity contribution in [2.75, 3.05) is 19.6 Å². The quantitative estimate of drug-likeness (QED) is 0.825. The summed E-state index contributed by atoms with van der Waals surface area (Å²) in [6, 6.07) is 10.0. The van der Waals surface area contributed by atoms with Crippen molar-refractivity contribution in [1.82, 2.24) is 20.0 Å². The largest absolute Gasteiger partial charge is 0.354 e. The molecular formula is C19H25ClN4O. The minimum atomic E-state index is 0.0457. The van der Waals surface area contributed by atoms with Crippen molar-refractivity contribution in [2.24, 2.45) is 0 Å². The SMILES string of the molecule is Cc1ccn(CCC(=O)NCC(c2ccccc2Cl)N2CCCC2)n1. The highest BCUT2D eigenvalue weighted by molar-refractivity contribution is 6.31. The Morgan fingerprint density at radius 2 is 2.04 bits per heavy atom. The van der Waals surface area contributed by atoms with E-state index in [1.165, 1.54) is 12.8 Å². The minimum absolute atomic E-state index is 0.0457. The van der Waals surface area contributed by atoms with E-state index in [9.17, 15) is 4.79 Å². The maximum Gasteiger partial charge on any atom is 0.221 e. The monoisotopic (exact) mass is 360 g/mol. The van der Waals surface area contributed by atoms with Crippen molar-refractivity contribution in [2.45, 2.75) is 38.8 Å². The first-order valence-electron chi connectivity index (χ1n) is 8.89. The highest BCUT2D eigenvalue weighted by Crippen LogP contribution is 2.29. The predicted molar refractivity (Wildman–Crippen MR) is 99.6 cm³/mol. The molecule has 1 N–H and O–H groups in total. The van der Waals surface area contributed by atoms with Crippen LogP contribution in [0.5, 0.6) is 0 Å². The minimum Gasteiger partial charge on any atom is -0.354 e. The van der Waals surface area contributed by atoms with Crippen LogP contribution in [0.1, 0.15) is 36.6 Å². The lowest BCUT2D eigenvalue weighted by atomic mass is 10.1. The maximum absolute atomic E-state index is 12.3. The standard InChI is InChI=1S/C19H25ClN4O/c1-15-8-12-24(22-15)13-9-19(25)21-14-18(23-10-4-5-11-23)16-6-2-3-7-17(16)20/h2-3,6-8,12,18H,4-5,9-11,13-14H2,1H3,(H,21,25). The van der Waals surface area contributed by atoms with E-state index >= 15 is 0 Å². The maximum atomic E-state index is 12.3. The molecule has 1 aromatic carbocycles. The number of nitrogens with one attached hydrogen (secondary N) is 1. The Labute approximate surface area is 154 Å². The number of aromatic nitrogens is 2. The molecule has 0 saturated carbocycles. The van der Waals surface area contributed by atoms with Gasteiger partial charge in [-0.15, -0.1) is 0 Å². The van der Waals surface area contributed by atoms with E-state index in [-0.39, 0.29) is 11.9 Å². The van der Waals surface area contributed by atoms with Gasteiger partial charge in [0, 0.05) is 30.7 Å². The molecule has 134 valence electrons. The van der Waals surface area contributed by atoms with Crippen LogP contribution < -0.4 is 5.32 Å². The summed E-state index contributed by atoms with van der Waals surface area (Å²) in [6.07, 6.45) is 4.73. The smallest absolute Gasteiger partial charge is 0.221 e. The molecule has 1 saturated heterocycles. The van der Waals surface area contributed by atoms with Gasteiger partial charge in [-0.05, 0) is 50.6 Å². The number of amides is 1. The predicted octanol–water partition coefficient (Wildman–Crippen LogP) is 3.19. The number of likely N-dealkylation sites (tertiary alicyclic amines) is 1. The van der Waals surface area contributed by atoms with E-state index in [4.69, 9.17) is 11.6 Å². The van der Waals surface area contributed by atoms with Crippen molar-refractivity contribution < 1.29 is 4.79 Å².